The van der Waals surface area contributed by atoms with Gasteiger partial charge in [0.2, 0.25) is 0 Å². The highest BCUT2D eigenvalue weighted by Crippen LogP contribution is 1.99. The summed E-state index contributed by atoms with van der Waals surface area (Å²) in [5.74, 6) is 0. The summed E-state index contributed by atoms with van der Waals surface area (Å²) in [5.41, 5.74) is 3.06. The molecule has 0 saturated heterocycles. The molecule has 0 atom stereocenters. The lowest BCUT2D eigenvalue weighted by Crippen LogP contribution is -2.10. The van der Waals surface area contributed by atoms with Crippen molar-refractivity contribution in [2.45, 2.75) is 6.42 Å². The Morgan fingerprint density at radius 3 is 3.22 bits per heavy atom. The van der Waals surface area contributed by atoms with Gasteiger partial charge in [0, 0.05) is 18.3 Å². The summed E-state index contributed by atoms with van der Waals surface area (Å²) in [7, 11) is 1.95. The summed E-state index contributed by atoms with van der Waals surface area (Å²) in [6.07, 6.45) is 1.04. The molecule has 0 unspecified atom stereocenters. The van der Waals surface area contributed by atoms with Crippen molar-refractivity contribution in [3.05, 3.63) is 16.6 Å². The second-order valence-corrected chi connectivity index (χ2v) is 2.55. The Morgan fingerprint density at radius 1 is 1.78 bits per heavy atom. The van der Waals surface area contributed by atoms with Crippen molar-refractivity contribution >= 4 is 11.3 Å². The zero-order valence-electron chi connectivity index (χ0n) is 5.42. The van der Waals surface area contributed by atoms with Crippen molar-refractivity contribution in [2.75, 3.05) is 13.6 Å². The number of thiazole rings is 1. The summed E-state index contributed by atoms with van der Waals surface area (Å²) in [5, 5.41) is 5.15. The van der Waals surface area contributed by atoms with Crippen molar-refractivity contribution in [1.29, 1.82) is 0 Å². The van der Waals surface area contributed by atoms with E-state index in [2.05, 4.69) is 15.7 Å². The van der Waals surface area contributed by atoms with Gasteiger partial charge < -0.3 is 5.32 Å². The van der Waals surface area contributed by atoms with Crippen molar-refractivity contribution in [1.82, 2.24) is 10.3 Å². The third kappa shape index (κ3) is 2.11. The van der Waals surface area contributed by atoms with Crippen LogP contribution in [-0.2, 0) is 6.42 Å². The van der Waals surface area contributed by atoms with E-state index < -0.39 is 0 Å². The van der Waals surface area contributed by atoms with Crippen molar-refractivity contribution < 1.29 is 0 Å². The molecule has 2 nitrogen and oxygen atoms in total. The number of nitrogens with one attached hydrogen (secondary N) is 1. The highest BCUT2D eigenvalue weighted by molar-refractivity contribution is 7.07. The van der Waals surface area contributed by atoms with Crippen LogP contribution in [0.2, 0.25) is 0 Å². The van der Waals surface area contributed by atoms with Crippen LogP contribution in [0.5, 0.6) is 0 Å². The standard InChI is InChI=1S/C6H10N2S/c1-7-3-2-6-4-9-5-8-6/h4-5,7H,2-3H2,1H3. The molecule has 0 aliphatic carbocycles. The molecule has 1 N–H and O–H groups in total. The maximum Gasteiger partial charge on any atom is 0.0794 e. The van der Waals surface area contributed by atoms with E-state index in [1.807, 2.05) is 12.6 Å². The fraction of sp³-hybridized carbons (Fsp3) is 0.500. The Morgan fingerprint density at radius 2 is 2.67 bits per heavy atom. The average Bonchev–Trinajstić information content (AvgIpc) is 2.34. The van der Waals surface area contributed by atoms with Gasteiger partial charge in [0.15, 0.2) is 0 Å². The molecule has 0 aliphatic rings. The Kier molecular flexibility index (Phi) is 2.67. The molecule has 1 heterocycles. The number of likely N-dealkylation sites (N-methyl/N-ethyl adjacent to an activating group) is 1. The lowest BCUT2D eigenvalue weighted by molar-refractivity contribution is 0.780. The predicted octanol–water partition coefficient (Wildman–Crippen LogP) is 0.905. The van der Waals surface area contributed by atoms with Crippen molar-refractivity contribution in [2.24, 2.45) is 0 Å². The zero-order valence-corrected chi connectivity index (χ0v) is 6.24. The monoisotopic (exact) mass is 142 g/mol. The highest BCUT2D eigenvalue weighted by Gasteiger charge is 1.90. The Labute approximate surface area is 58.9 Å². The van der Waals surface area contributed by atoms with E-state index in [9.17, 15) is 0 Å². The van der Waals surface area contributed by atoms with Gasteiger partial charge in [-0.3, -0.25) is 0 Å². The predicted molar refractivity (Wildman–Crippen MR) is 39.7 cm³/mol. The van der Waals surface area contributed by atoms with E-state index in [0.29, 0.717) is 0 Å². The second-order valence-electron chi connectivity index (χ2n) is 1.83. The molecule has 0 bridgehead atoms. The smallest absolute Gasteiger partial charge is 0.0794 e. The normalized spacial score (nSPS) is 9.89. The minimum absolute atomic E-state index is 1.02. The van der Waals surface area contributed by atoms with E-state index >= 15 is 0 Å². The van der Waals surface area contributed by atoms with Crippen LogP contribution in [0.3, 0.4) is 0 Å². The molecule has 0 spiro atoms. The first-order valence-electron chi connectivity index (χ1n) is 2.95. The molecule has 9 heavy (non-hydrogen) atoms. The molecule has 0 amide bonds. The van der Waals surface area contributed by atoms with Gasteiger partial charge in [-0.1, -0.05) is 0 Å². The summed E-state index contributed by atoms with van der Waals surface area (Å²) < 4.78 is 0. The minimum Gasteiger partial charge on any atom is -0.319 e. The van der Waals surface area contributed by atoms with Gasteiger partial charge in [0.25, 0.3) is 0 Å². The van der Waals surface area contributed by atoms with E-state index in [4.69, 9.17) is 0 Å². The van der Waals surface area contributed by atoms with E-state index in [1.165, 1.54) is 5.69 Å². The van der Waals surface area contributed by atoms with Crippen LogP contribution in [0.1, 0.15) is 5.69 Å². The van der Waals surface area contributed by atoms with Crippen LogP contribution in [0.4, 0.5) is 0 Å². The molecular weight excluding hydrogens is 132 g/mol. The molecule has 0 aromatic carbocycles. The summed E-state index contributed by atoms with van der Waals surface area (Å²) in [6, 6.07) is 0. The molecule has 0 fully saturated rings. The maximum absolute atomic E-state index is 4.13. The largest absolute Gasteiger partial charge is 0.319 e. The zero-order chi connectivity index (χ0) is 6.53. The Bertz CT molecular complexity index is 148. The van der Waals surface area contributed by atoms with Crippen molar-refractivity contribution in [3.8, 4) is 0 Å². The molecule has 0 aliphatic heterocycles. The Balaban J connectivity index is 2.30. The van der Waals surface area contributed by atoms with Gasteiger partial charge in [-0.25, -0.2) is 4.98 Å². The highest BCUT2D eigenvalue weighted by atomic mass is 32.1. The molecular formula is C6H10N2S. The summed E-state index contributed by atoms with van der Waals surface area (Å²) in [6.45, 7) is 1.02. The Hall–Kier alpha value is -0.410. The van der Waals surface area contributed by atoms with Gasteiger partial charge in [0.05, 0.1) is 11.2 Å². The molecule has 1 rings (SSSR count). The maximum atomic E-state index is 4.13. The van der Waals surface area contributed by atoms with Crippen LogP contribution in [0.15, 0.2) is 10.9 Å². The third-order valence-corrected chi connectivity index (χ3v) is 1.75. The van der Waals surface area contributed by atoms with Gasteiger partial charge in [0.1, 0.15) is 0 Å². The van der Waals surface area contributed by atoms with Gasteiger partial charge >= 0.3 is 0 Å². The van der Waals surface area contributed by atoms with Crippen molar-refractivity contribution in [3.63, 3.8) is 0 Å². The number of hydrogen-bond acceptors (Lipinski definition) is 3. The van der Waals surface area contributed by atoms with Gasteiger partial charge in [-0.2, -0.15) is 0 Å². The first kappa shape index (κ1) is 6.71. The number of aromatic nitrogens is 1. The minimum atomic E-state index is 1.02. The lowest BCUT2D eigenvalue weighted by atomic mass is 10.3. The fourth-order valence-electron chi connectivity index (χ4n) is 0.614. The average molecular weight is 142 g/mol. The third-order valence-electron chi connectivity index (χ3n) is 1.11. The number of rotatable bonds is 3. The molecule has 50 valence electrons. The van der Waals surface area contributed by atoms with E-state index in [1.54, 1.807) is 11.3 Å². The van der Waals surface area contributed by atoms with E-state index in [-0.39, 0.29) is 0 Å². The molecule has 0 radical (unpaired) electrons. The quantitative estimate of drug-likeness (QED) is 0.678. The fourth-order valence-corrected chi connectivity index (χ4v) is 1.21. The molecule has 3 heteroatoms. The SMILES string of the molecule is CNCCc1cscn1. The lowest BCUT2D eigenvalue weighted by Gasteiger charge is -1.92. The van der Waals surface area contributed by atoms with Crippen LogP contribution >= 0.6 is 11.3 Å². The molecule has 1 aromatic rings. The second kappa shape index (κ2) is 3.58. The molecule has 1 aromatic heterocycles. The van der Waals surface area contributed by atoms with Crippen LogP contribution < -0.4 is 5.32 Å². The van der Waals surface area contributed by atoms with Gasteiger partial charge in [-0.15, -0.1) is 11.3 Å². The molecule has 0 saturated carbocycles. The first-order chi connectivity index (χ1) is 4.43. The van der Waals surface area contributed by atoms with Crippen LogP contribution in [0.25, 0.3) is 0 Å². The van der Waals surface area contributed by atoms with Crippen LogP contribution in [-0.4, -0.2) is 18.6 Å². The number of nitrogens with zero attached hydrogens (tertiary/aromatic N) is 1. The van der Waals surface area contributed by atoms with Crippen LogP contribution in [0, 0.1) is 0 Å². The van der Waals surface area contributed by atoms with Gasteiger partial charge in [-0.05, 0) is 7.05 Å². The van der Waals surface area contributed by atoms with E-state index in [0.717, 1.165) is 13.0 Å². The summed E-state index contributed by atoms with van der Waals surface area (Å²) >= 11 is 1.65. The first-order valence-corrected chi connectivity index (χ1v) is 3.89. The number of hydrogen-bond donors (Lipinski definition) is 1. The summed E-state index contributed by atoms with van der Waals surface area (Å²) in [4.78, 5) is 4.13. The topological polar surface area (TPSA) is 24.9 Å².